The van der Waals surface area contributed by atoms with Crippen LogP contribution < -0.4 is 0 Å². The first-order valence-corrected chi connectivity index (χ1v) is 10.8. The molecule has 2 saturated heterocycles. The lowest BCUT2D eigenvalue weighted by atomic mass is 9.71. The van der Waals surface area contributed by atoms with E-state index in [4.69, 9.17) is 9.47 Å². The average molecular weight is 408 g/mol. The lowest BCUT2D eigenvalue weighted by molar-refractivity contribution is -0.128. The van der Waals surface area contributed by atoms with E-state index in [0.29, 0.717) is 17.7 Å². The van der Waals surface area contributed by atoms with Crippen LogP contribution in [-0.2, 0) is 14.3 Å². The van der Waals surface area contributed by atoms with E-state index >= 15 is 0 Å². The summed E-state index contributed by atoms with van der Waals surface area (Å²) in [5.41, 5.74) is -0.0913. The monoisotopic (exact) mass is 407 g/mol. The maximum Gasteiger partial charge on any atom is 0.267 e. The predicted molar refractivity (Wildman–Crippen MR) is 112 cm³/mol. The van der Waals surface area contributed by atoms with E-state index in [9.17, 15) is 10.0 Å². The van der Waals surface area contributed by atoms with E-state index in [0.717, 1.165) is 69.4 Å². The first kappa shape index (κ1) is 22.4. The molecule has 1 N–H and O–H groups in total. The van der Waals surface area contributed by atoms with Gasteiger partial charge >= 0.3 is 0 Å². The third-order valence-corrected chi connectivity index (χ3v) is 7.18. The molecule has 0 aromatic carbocycles. The molecule has 0 aromatic rings. The number of rotatable bonds is 6. The topological polar surface area (TPSA) is 74.6 Å². The summed E-state index contributed by atoms with van der Waals surface area (Å²) >= 11 is 0. The molecule has 0 aliphatic carbocycles. The highest BCUT2D eigenvalue weighted by Gasteiger charge is 2.43. The Morgan fingerprint density at radius 3 is 2.24 bits per heavy atom. The minimum absolute atomic E-state index is 0.185. The zero-order valence-electron chi connectivity index (χ0n) is 18.6. The van der Waals surface area contributed by atoms with E-state index in [1.165, 1.54) is 0 Å². The van der Waals surface area contributed by atoms with Gasteiger partial charge in [0, 0.05) is 44.5 Å². The number of hydrogen-bond donors (Lipinski definition) is 1. The van der Waals surface area contributed by atoms with Crippen molar-refractivity contribution in [3.63, 3.8) is 0 Å². The van der Waals surface area contributed by atoms with Gasteiger partial charge in [0.15, 0.2) is 5.84 Å². The van der Waals surface area contributed by atoms with Gasteiger partial charge in [-0.25, -0.2) is 5.06 Å². The van der Waals surface area contributed by atoms with Gasteiger partial charge in [-0.15, -0.1) is 0 Å². The number of amidine groups is 1. The van der Waals surface area contributed by atoms with Crippen molar-refractivity contribution < 1.29 is 19.5 Å². The molecule has 7 heteroatoms. The summed E-state index contributed by atoms with van der Waals surface area (Å²) in [6, 6.07) is 0. The fraction of sp³-hybridized carbons (Fsp3) is 0.818. The zero-order chi connectivity index (χ0) is 21.2. The molecule has 0 atom stereocenters. The van der Waals surface area contributed by atoms with Gasteiger partial charge in [0.2, 0.25) is 0 Å². The summed E-state index contributed by atoms with van der Waals surface area (Å²) in [6.45, 7) is 12.0. The van der Waals surface area contributed by atoms with Crippen molar-refractivity contribution in [1.82, 2.24) is 9.96 Å². The van der Waals surface area contributed by atoms with Crippen LogP contribution in [0.15, 0.2) is 16.8 Å². The lowest BCUT2D eigenvalue weighted by Gasteiger charge is -2.45. The minimum atomic E-state index is -0.730. The van der Waals surface area contributed by atoms with Crippen LogP contribution in [0.3, 0.4) is 0 Å². The molecular formula is C22H37N3O4. The van der Waals surface area contributed by atoms with Crippen molar-refractivity contribution in [2.24, 2.45) is 22.2 Å². The van der Waals surface area contributed by atoms with Crippen molar-refractivity contribution in [1.29, 1.82) is 0 Å². The molecule has 164 valence electrons. The van der Waals surface area contributed by atoms with E-state index in [1.807, 2.05) is 27.0 Å². The molecule has 0 radical (unpaired) electrons. The Balaban J connectivity index is 1.65. The highest BCUT2D eigenvalue weighted by atomic mass is 16.5. The van der Waals surface area contributed by atoms with Crippen molar-refractivity contribution in [3.8, 4) is 0 Å². The van der Waals surface area contributed by atoms with Crippen LogP contribution in [0.25, 0.3) is 0 Å². The largest absolute Gasteiger partial charge is 0.381 e. The Kier molecular flexibility index (Phi) is 6.83. The second-order valence-corrected chi connectivity index (χ2v) is 9.72. The number of amides is 1. The van der Waals surface area contributed by atoms with Gasteiger partial charge in [0.1, 0.15) is 0 Å². The maximum atomic E-state index is 12.9. The van der Waals surface area contributed by atoms with Crippen molar-refractivity contribution in [3.05, 3.63) is 11.8 Å². The van der Waals surface area contributed by atoms with Gasteiger partial charge in [-0.2, -0.15) is 4.99 Å². The van der Waals surface area contributed by atoms with Crippen LogP contribution in [0.4, 0.5) is 0 Å². The molecule has 0 bridgehead atoms. The Labute approximate surface area is 174 Å². The van der Waals surface area contributed by atoms with Crippen molar-refractivity contribution in [2.75, 3.05) is 40.0 Å². The highest BCUT2D eigenvalue weighted by Crippen LogP contribution is 2.44. The van der Waals surface area contributed by atoms with Crippen LogP contribution in [0.5, 0.6) is 0 Å². The number of carbonyl (C=O) groups is 1. The van der Waals surface area contributed by atoms with Crippen molar-refractivity contribution >= 4 is 11.7 Å². The normalized spacial score (nSPS) is 24.0. The number of aliphatic imine (C=N–C) groups is 1. The molecule has 0 spiro atoms. The maximum absolute atomic E-state index is 12.9. The van der Waals surface area contributed by atoms with Crippen LogP contribution in [0.1, 0.15) is 53.4 Å². The van der Waals surface area contributed by atoms with Gasteiger partial charge in [-0.1, -0.05) is 13.8 Å². The quantitative estimate of drug-likeness (QED) is 0.729. The number of carbonyl (C=O) groups excluding carboxylic acids is 1. The summed E-state index contributed by atoms with van der Waals surface area (Å²) in [5, 5.41) is 11.7. The third kappa shape index (κ3) is 4.74. The standard InChI is InChI=1S/C22H37N3O4/c1-21(2,17-8-12-29-13-9-17)18-14-19(25(18)27)23-20(26)22(3,4)24(5)15-16-6-10-28-11-7-16/h14,16-17,27H,6-13,15H2,1-5H3. The highest BCUT2D eigenvalue weighted by molar-refractivity contribution is 6.07. The molecule has 3 aliphatic heterocycles. The van der Waals surface area contributed by atoms with E-state index in [-0.39, 0.29) is 11.3 Å². The number of hydroxylamine groups is 2. The average Bonchev–Trinajstić information content (AvgIpc) is 2.71. The van der Waals surface area contributed by atoms with Crippen molar-refractivity contribution in [2.45, 2.75) is 58.9 Å². The molecule has 3 heterocycles. The van der Waals surface area contributed by atoms with Gasteiger partial charge in [0.05, 0.1) is 11.2 Å². The second-order valence-electron chi connectivity index (χ2n) is 9.72. The number of likely N-dealkylation sites (N-methyl/N-ethyl adjacent to an activating group) is 1. The Morgan fingerprint density at radius 2 is 1.69 bits per heavy atom. The second kappa shape index (κ2) is 8.84. The molecule has 3 aliphatic rings. The zero-order valence-corrected chi connectivity index (χ0v) is 18.6. The summed E-state index contributed by atoms with van der Waals surface area (Å²) in [5.74, 6) is 1.08. The van der Waals surface area contributed by atoms with Gasteiger partial charge in [0.25, 0.3) is 5.91 Å². The molecule has 1 amide bonds. The predicted octanol–water partition coefficient (Wildman–Crippen LogP) is 3.09. The smallest absolute Gasteiger partial charge is 0.267 e. The summed E-state index contributed by atoms with van der Waals surface area (Å²) in [4.78, 5) is 19.2. The van der Waals surface area contributed by atoms with E-state index in [2.05, 4.69) is 23.7 Å². The van der Waals surface area contributed by atoms with Gasteiger partial charge in [-0.05, 0) is 58.4 Å². The molecule has 0 unspecified atom stereocenters. The van der Waals surface area contributed by atoms with Crippen LogP contribution in [-0.4, -0.2) is 72.5 Å². The van der Waals surface area contributed by atoms with E-state index < -0.39 is 5.54 Å². The number of nitrogens with zero attached hydrogens (tertiary/aromatic N) is 3. The molecule has 3 rings (SSSR count). The lowest BCUT2D eigenvalue weighted by Crippen LogP contribution is -2.51. The molecule has 0 saturated carbocycles. The minimum Gasteiger partial charge on any atom is -0.381 e. The Hall–Kier alpha value is -1.28. The van der Waals surface area contributed by atoms with E-state index in [1.54, 1.807) is 0 Å². The van der Waals surface area contributed by atoms with Gasteiger partial charge < -0.3 is 9.47 Å². The first-order chi connectivity index (χ1) is 13.6. The van der Waals surface area contributed by atoms with Crippen LogP contribution >= 0.6 is 0 Å². The summed E-state index contributed by atoms with van der Waals surface area (Å²) in [7, 11) is 1.97. The molecule has 29 heavy (non-hydrogen) atoms. The molecular weight excluding hydrogens is 370 g/mol. The summed E-state index contributed by atoms with van der Waals surface area (Å²) in [6.07, 6.45) is 5.87. The van der Waals surface area contributed by atoms with Crippen LogP contribution in [0, 0.1) is 17.3 Å². The third-order valence-electron chi connectivity index (χ3n) is 7.18. The first-order valence-electron chi connectivity index (χ1n) is 10.8. The van der Waals surface area contributed by atoms with Gasteiger partial charge in [-0.3, -0.25) is 14.9 Å². The Bertz CT molecular complexity index is 659. The fourth-order valence-corrected chi connectivity index (χ4v) is 4.42. The van der Waals surface area contributed by atoms with Crippen LogP contribution in [0.2, 0.25) is 0 Å². The Morgan fingerprint density at radius 1 is 1.14 bits per heavy atom. The SMILES string of the molecule is CN(CC1CCOCC1)C(C)(C)C(=O)N=C1C=C(C(C)(C)C2CCOCC2)N1O. The molecule has 0 aromatic heterocycles. The summed E-state index contributed by atoms with van der Waals surface area (Å²) < 4.78 is 10.9. The molecule has 7 nitrogen and oxygen atoms in total. The fourth-order valence-electron chi connectivity index (χ4n) is 4.42. The molecule has 2 fully saturated rings. The number of allylic oxidation sites excluding steroid dienone is 1. The number of ether oxygens (including phenoxy) is 2. The number of hydrogen-bond acceptors (Lipinski definition) is 5.